The van der Waals surface area contributed by atoms with Gasteiger partial charge in [-0.25, -0.2) is 9.78 Å². The van der Waals surface area contributed by atoms with E-state index in [2.05, 4.69) is 21.8 Å². The molecule has 5 nitrogen and oxygen atoms in total. The summed E-state index contributed by atoms with van der Waals surface area (Å²) < 4.78 is 2.06. The van der Waals surface area contributed by atoms with Crippen LogP contribution in [-0.2, 0) is 6.54 Å². The molecule has 106 valence electrons. The van der Waals surface area contributed by atoms with Crippen molar-refractivity contribution in [1.29, 1.82) is 0 Å². The molecule has 0 saturated carbocycles. The number of unbranched alkanes of at least 4 members (excludes halogenated alkanes) is 1. The summed E-state index contributed by atoms with van der Waals surface area (Å²) in [7, 11) is 0. The Bertz CT molecular complexity index is 369. The number of aromatic nitrogens is 2. The summed E-state index contributed by atoms with van der Waals surface area (Å²) in [5, 5.41) is 3.01. The van der Waals surface area contributed by atoms with E-state index in [-0.39, 0.29) is 6.03 Å². The number of likely N-dealkylation sites (tertiary alicyclic amines) is 1. The topological polar surface area (TPSA) is 50.2 Å². The normalized spacial score (nSPS) is 16.6. The van der Waals surface area contributed by atoms with Crippen LogP contribution < -0.4 is 5.32 Å². The van der Waals surface area contributed by atoms with E-state index in [4.69, 9.17) is 0 Å². The number of aryl methyl sites for hydroxylation is 1. The average molecular weight is 264 g/mol. The summed E-state index contributed by atoms with van der Waals surface area (Å²) in [5.74, 6) is 0.763. The van der Waals surface area contributed by atoms with Gasteiger partial charge in [0.05, 0.1) is 6.33 Å². The van der Waals surface area contributed by atoms with Gasteiger partial charge in [-0.3, -0.25) is 0 Å². The Morgan fingerprint density at radius 3 is 2.84 bits per heavy atom. The summed E-state index contributed by atoms with van der Waals surface area (Å²) in [5.41, 5.74) is 0. The van der Waals surface area contributed by atoms with Crippen LogP contribution in [0.25, 0.3) is 0 Å². The Balaban J connectivity index is 1.54. The molecule has 0 aliphatic carbocycles. The van der Waals surface area contributed by atoms with Gasteiger partial charge in [0.25, 0.3) is 0 Å². The maximum Gasteiger partial charge on any atom is 0.317 e. The van der Waals surface area contributed by atoms with Crippen LogP contribution in [0.1, 0.15) is 32.6 Å². The molecule has 0 spiro atoms. The van der Waals surface area contributed by atoms with Crippen LogP contribution in [0, 0.1) is 5.92 Å². The SMILES string of the molecule is CC1CCN(C(=O)NCCCCn2ccnc2)CC1. The van der Waals surface area contributed by atoms with Gasteiger partial charge in [0.2, 0.25) is 0 Å². The van der Waals surface area contributed by atoms with Crippen LogP contribution in [0.2, 0.25) is 0 Å². The van der Waals surface area contributed by atoms with Gasteiger partial charge in [0.15, 0.2) is 0 Å². The van der Waals surface area contributed by atoms with Gasteiger partial charge in [-0.15, -0.1) is 0 Å². The van der Waals surface area contributed by atoms with E-state index in [0.29, 0.717) is 0 Å². The highest BCUT2D eigenvalue weighted by atomic mass is 16.2. The standard InChI is InChI=1S/C14H24N4O/c1-13-4-9-18(10-5-13)14(19)16-6-2-3-8-17-11-7-15-12-17/h7,11-13H,2-6,8-10H2,1H3,(H,16,19). The highest BCUT2D eigenvalue weighted by Crippen LogP contribution is 2.15. The number of hydrogen-bond donors (Lipinski definition) is 1. The number of nitrogens with one attached hydrogen (secondary N) is 1. The highest BCUT2D eigenvalue weighted by molar-refractivity contribution is 5.74. The number of hydrogen-bond acceptors (Lipinski definition) is 2. The highest BCUT2D eigenvalue weighted by Gasteiger charge is 2.19. The summed E-state index contributed by atoms with van der Waals surface area (Å²) in [6.07, 6.45) is 9.92. The van der Waals surface area contributed by atoms with Crippen molar-refractivity contribution < 1.29 is 4.79 Å². The Kier molecular flexibility index (Phi) is 5.24. The van der Waals surface area contributed by atoms with Gasteiger partial charge in [-0.1, -0.05) is 6.92 Å². The van der Waals surface area contributed by atoms with Crippen molar-refractivity contribution in [2.75, 3.05) is 19.6 Å². The maximum absolute atomic E-state index is 11.9. The van der Waals surface area contributed by atoms with Crippen LogP contribution in [-0.4, -0.2) is 40.1 Å². The fourth-order valence-electron chi connectivity index (χ4n) is 2.36. The molecule has 1 saturated heterocycles. The van der Waals surface area contributed by atoms with Crippen molar-refractivity contribution >= 4 is 6.03 Å². The van der Waals surface area contributed by atoms with Crippen molar-refractivity contribution in [3.8, 4) is 0 Å². The lowest BCUT2D eigenvalue weighted by atomic mass is 10.00. The third kappa shape index (κ3) is 4.58. The van der Waals surface area contributed by atoms with E-state index in [9.17, 15) is 4.79 Å². The second-order valence-electron chi connectivity index (χ2n) is 5.41. The molecule has 2 rings (SSSR count). The molecule has 1 aromatic heterocycles. The molecule has 0 aromatic carbocycles. The number of rotatable bonds is 5. The van der Waals surface area contributed by atoms with Gasteiger partial charge < -0.3 is 14.8 Å². The first-order valence-corrected chi connectivity index (χ1v) is 7.24. The number of urea groups is 1. The summed E-state index contributed by atoms with van der Waals surface area (Å²) >= 11 is 0. The Labute approximate surface area is 115 Å². The molecule has 1 fully saturated rings. The van der Waals surface area contributed by atoms with Crippen molar-refractivity contribution in [2.24, 2.45) is 5.92 Å². The number of carbonyl (C=O) groups excluding carboxylic acids is 1. The van der Waals surface area contributed by atoms with Crippen molar-refractivity contribution in [1.82, 2.24) is 19.8 Å². The van der Waals surface area contributed by atoms with E-state index in [1.165, 1.54) is 0 Å². The minimum atomic E-state index is 0.106. The predicted octanol–water partition coefficient (Wildman–Crippen LogP) is 2.10. The molecule has 0 unspecified atom stereocenters. The number of carbonyl (C=O) groups is 1. The smallest absolute Gasteiger partial charge is 0.317 e. The van der Waals surface area contributed by atoms with Gasteiger partial charge in [-0.05, 0) is 31.6 Å². The second-order valence-corrected chi connectivity index (χ2v) is 5.41. The largest absolute Gasteiger partial charge is 0.338 e. The van der Waals surface area contributed by atoms with Gasteiger partial charge in [-0.2, -0.15) is 0 Å². The molecular formula is C14H24N4O. The Hall–Kier alpha value is -1.52. The number of imidazole rings is 1. The molecule has 1 aliphatic rings. The third-order valence-corrected chi connectivity index (χ3v) is 3.75. The van der Waals surface area contributed by atoms with Crippen LogP contribution in [0.3, 0.4) is 0 Å². The van der Waals surface area contributed by atoms with Crippen LogP contribution in [0.5, 0.6) is 0 Å². The first kappa shape index (κ1) is 13.9. The predicted molar refractivity (Wildman–Crippen MR) is 74.8 cm³/mol. The lowest BCUT2D eigenvalue weighted by Crippen LogP contribution is -2.44. The van der Waals surface area contributed by atoms with Crippen molar-refractivity contribution in [2.45, 2.75) is 39.2 Å². The van der Waals surface area contributed by atoms with E-state index in [1.807, 2.05) is 17.4 Å². The van der Waals surface area contributed by atoms with E-state index >= 15 is 0 Å². The lowest BCUT2D eigenvalue weighted by Gasteiger charge is -2.30. The molecule has 0 atom stereocenters. The molecular weight excluding hydrogens is 240 g/mol. The first-order valence-electron chi connectivity index (χ1n) is 7.24. The monoisotopic (exact) mass is 264 g/mol. The minimum Gasteiger partial charge on any atom is -0.338 e. The fraction of sp³-hybridized carbons (Fsp3) is 0.714. The van der Waals surface area contributed by atoms with E-state index in [0.717, 1.165) is 57.8 Å². The zero-order chi connectivity index (χ0) is 13.5. The van der Waals surface area contributed by atoms with Crippen molar-refractivity contribution in [3.05, 3.63) is 18.7 Å². The van der Waals surface area contributed by atoms with Crippen LogP contribution >= 0.6 is 0 Å². The molecule has 2 heterocycles. The maximum atomic E-state index is 11.9. The lowest BCUT2D eigenvalue weighted by molar-refractivity contribution is 0.174. The quantitative estimate of drug-likeness (QED) is 0.828. The Morgan fingerprint density at radius 2 is 2.16 bits per heavy atom. The molecule has 0 radical (unpaired) electrons. The summed E-state index contributed by atoms with van der Waals surface area (Å²) in [4.78, 5) is 17.8. The average Bonchev–Trinajstić information content (AvgIpc) is 2.92. The molecule has 1 N–H and O–H groups in total. The molecule has 2 amide bonds. The summed E-state index contributed by atoms with van der Waals surface area (Å²) in [6, 6.07) is 0.106. The first-order chi connectivity index (χ1) is 9.25. The number of amides is 2. The fourth-order valence-corrected chi connectivity index (χ4v) is 2.36. The molecule has 5 heteroatoms. The third-order valence-electron chi connectivity index (χ3n) is 3.75. The van der Waals surface area contributed by atoms with Crippen molar-refractivity contribution in [3.63, 3.8) is 0 Å². The molecule has 1 aromatic rings. The minimum absolute atomic E-state index is 0.106. The second kappa shape index (κ2) is 7.16. The zero-order valence-electron chi connectivity index (χ0n) is 11.7. The summed E-state index contributed by atoms with van der Waals surface area (Å²) in [6.45, 7) is 5.80. The molecule has 0 bridgehead atoms. The number of piperidine rings is 1. The number of nitrogens with zero attached hydrogens (tertiary/aromatic N) is 3. The van der Waals surface area contributed by atoms with Crippen LogP contribution in [0.15, 0.2) is 18.7 Å². The molecule has 19 heavy (non-hydrogen) atoms. The van der Waals surface area contributed by atoms with E-state index < -0.39 is 0 Å². The zero-order valence-corrected chi connectivity index (χ0v) is 11.7. The molecule has 1 aliphatic heterocycles. The van der Waals surface area contributed by atoms with Gasteiger partial charge in [0, 0.05) is 38.6 Å². The van der Waals surface area contributed by atoms with E-state index in [1.54, 1.807) is 6.20 Å². The van der Waals surface area contributed by atoms with Crippen LogP contribution in [0.4, 0.5) is 4.79 Å². The Morgan fingerprint density at radius 1 is 1.37 bits per heavy atom. The van der Waals surface area contributed by atoms with Gasteiger partial charge >= 0.3 is 6.03 Å². The van der Waals surface area contributed by atoms with Gasteiger partial charge in [0.1, 0.15) is 0 Å².